The Kier molecular flexibility index (Phi) is 5.90. The van der Waals surface area contributed by atoms with Gasteiger partial charge in [0.15, 0.2) is 0 Å². The molecule has 4 nitrogen and oxygen atoms in total. The van der Waals surface area contributed by atoms with Gasteiger partial charge in [-0.3, -0.25) is 0 Å². The third kappa shape index (κ3) is 4.23. The topological polar surface area (TPSA) is 42.7 Å². The molecule has 248 valence electrons. The van der Waals surface area contributed by atoms with Crippen LogP contribution in [0.2, 0.25) is 0 Å². The fourth-order valence-corrected chi connectivity index (χ4v) is 9.45. The standard InChI is InChI=1S/C48H27NO3S/c1-4-12-38-33(8-1)35-22-20-30(26-42(35)51-38)49(31-21-23-36-34-9-2-5-13-39(34)52-43(36)27-31)29-18-16-28(17-19-29)32-11-7-15-44-47(32)48-45(53-44)25-24-41-46(48)37-10-3-6-14-40(37)50-41/h1-27H. The van der Waals surface area contributed by atoms with Crippen LogP contribution in [0.3, 0.4) is 0 Å². The number of thiophene rings is 1. The Balaban J connectivity index is 1.04. The SMILES string of the molecule is c1ccc2c(c1)oc1cc(N(c3ccc(-c4cccc5sc6ccc7oc8ccccc8c7c6c45)cc3)c3ccc4c(c3)oc3ccccc34)ccc12. The van der Waals surface area contributed by atoms with Crippen molar-refractivity contribution in [2.24, 2.45) is 0 Å². The predicted octanol–water partition coefficient (Wildman–Crippen LogP) is 14.9. The second-order valence-electron chi connectivity index (χ2n) is 13.6. The lowest BCUT2D eigenvalue weighted by molar-refractivity contribution is 0.668. The number of hydrogen-bond donors (Lipinski definition) is 0. The van der Waals surface area contributed by atoms with Gasteiger partial charge in [0.2, 0.25) is 0 Å². The first-order valence-electron chi connectivity index (χ1n) is 17.7. The predicted molar refractivity (Wildman–Crippen MR) is 221 cm³/mol. The van der Waals surface area contributed by atoms with Crippen LogP contribution in [0.25, 0.3) is 97.1 Å². The Morgan fingerprint density at radius 3 is 1.53 bits per heavy atom. The van der Waals surface area contributed by atoms with Crippen molar-refractivity contribution < 1.29 is 13.3 Å². The fraction of sp³-hybridized carbons (Fsp3) is 0. The molecule has 0 atom stereocenters. The Labute approximate surface area is 306 Å². The summed E-state index contributed by atoms with van der Waals surface area (Å²) in [7, 11) is 0. The second kappa shape index (κ2) is 10.8. The van der Waals surface area contributed by atoms with Gasteiger partial charge in [-0.2, -0.15) is 0 Å². The van der Waals surface area contributed by atoms with Gasteiger partial charge in [0, 0.05) is 81.7 Å². The summed E-state index contributed by atoms with van der Waals surface area (Å²) < 4.78 is 21.6. The molecule has 0 aliphatic carbocycles. The van der Waals surface area contributed by atoms with Gasteiger partial charge in [0.1, 0.15) is 33.5 Å². The van der Waals surface area contributed by atoms with E-state index in [1.54, 1.807) is 0 Å². The summed E-state index contributed by atoms with van der Waals surface area (Å²) in [6.07, 6.45) is 0. The number of fused-ring (bicyclic) bond motifs is 13. The lowest BCUT2D eigenvalue weighted by atomic mass is 9.97. The molecule has 12 aromatic rings. The monoisotopic (exact) mass is 697 g/mol. The van der Waals surface area contributed by atoms with Crippen molar-refractivity contribution in [2.45, 2.75) is 0 Å². The molecule has 0 aliphatic heterocycles. The highest BCUT2D eigenvalue weighted by molar-refractivity contribution is 7.26. The van der Waals surface area contributed by atoms with Gasteiger partial charge in [-0.25, -0.2) is 0 Å². The molecule has 8 aromatic carbocycles. The summed E-state index contributed by atoms with van der Waals surface area (Å²) in [6.45, 7) is 0. The average molecular weight is 698 g/mol. The molecule has 0 spiro atoms. The molecule has 4 aromatic heterocycles. The lowest BCUT2D eigenvalue weighted by Crippen LogP contribution is -2.09. The van der Waals surface area contributed by atoms with Crippen LogP contribution in [0, 0.1) is 0 Å². The van der Waals surface area contributed by atoms with Gasteiger partial charge in [-0.05, 0) is 83.9 Å². The van der Waals surface area contributed by atoms with E-state index in [9.17, 15) is 0 Å². The summed E-state index contributed by atoms with van der Waals surface area (Å²) in [5.74, 6) is 0. The van der Waals surface area contributed by atoms with Crippen molar-refractivity contribution in [3.05, 3.63) is 164 Å². The molecule has 0 N–H and O–H groups in total. The fourth-order valence-electron chi connectivity index (χ4n) is 8.31. The molecule has 0 radical (unpaired) electrons. The third-order valence-electron chi connectivity index (χ3n) is 10.7. The van der Waals surface area contributed by atoms with E-state index >= 15 is 0 Å². The van der Waals surface area contributed by atoms with Crippen molar-refractivity contribution in [2.75, 3.05) is 4.90 Å². The van der Waals surface area contributed by atoms with Crippen molar-refractivity contribution in [3.8, 4) is 11.1 Å². The number of hydrogen-bond acceptors (Lipinski definition) is 5. The van der Waals surface area contributed by atoms with Crippen LogP contribution < -0.4 is 4.90 Å². The van der Waals surface area contributed by atoms with E-state index in [1.807, 2.05) is 41.7 Å². The highest BCUT2D eigenvalue weighted by Crippen LogP contribution is 2.47. The maximum atomic E-state index is 6.37. The quantitative estimate of drug-likeness (QED) is 0.184. The van der Waals surface area contributed by atoms with Crippen molar-refractivity contribution >= 4 is 114 Å². The minimum atomic E-state index is 0.851. The normalized spacial score (nSPS) is 12.2. The highest BCUT2D eigenvalue weighted by Gasteiger charge is 2.20. The Bertz CT molecular complexity index is 3300. The molecule has 0 aliphatic rings. The molecule has 0 saturated heterocycles. The van der Waals surface area contributed by atoms with E-state index in [0.717, 1.165) is 83.1 Å². The molecule has 12 rings (SSSR count). The minimum absolute atomic E-state index is 0.851. The molecule has 5 heteroatoms. The zero-order chi connectivity index (χ0) is 34.6. The number of anilines is 3. The van der Waals surface area contributed by atoms with E-state index in [0.29, 0.717) is 0 Å². The van der Waals surface area contributed by atoms with Gasteiger partial charge < -0.3 is 18.2 Å². The first-order chi connectivity index (χ1) is 26.2. The Morgan fingerprint density at radius 2 is 0.868 bits per heavy atom. The zero-order valence-electron chi connectivity index (χ0n) is 28.2. The molecule has 0 fully saturated rings. The molecule has 4 heterocycles. The maximum absolute atomic E-state index is 6.37. The molecular formula is C48H27NO3S. The van der Waals surface area contributed by atoms with Crippen molar-refractivity contribution in [3.63, 3.8) is 0 Å². The zero-order valence-corrected chi connectivity index (χ0v) is 29.0. The molecule has 0 bridgehead atoms. The van der Waals surface area contributed by atoms with Crippen LogP contribution >= 0.6 is 11.3 Å². The smallest absolute Gasteiger partial charge is 0.137 e. The number of benzene rings is 8. The van der Waals surface area contributed by atoms with Crippen LogP contribution in [-0.4, -0.2) is 0 Å². The van der Waals surface area contributed by atoms with Crippen LogP contribution in [0.15, 0.2) is 177 Å². The van der Waals surface area contributed by atoms with Gasteiger partial charge in [0.25, 0.3) is 0 Å². The van der Waals surface area contributed by atoms with Crippen molar-refractivity contribution in [1.82, 2.24) is 0 Å². The lowest BCUT2D eigenvalue weighted by Gasteiger charge is -2.25. The van der Waals surface area contributed by atoms with Crippen LogP contribution in [-0.2, 0) is 0 Å². The molecule has 0 saturated carbocycles. The molecular weight excluding hydrogens is 671 g/mol. The number of para-hydroxylation sites is 3. The largest absolute Gasteiger partial charge is 0.456 e. The number of rotatable bonds is 4. The number of nitrogens with zero attached hydrogens (tertiary/aromatic N) is 1. The summed E-state index contributed by atoms with van der Waals surface area (Å²) in [5, 5.41) is 9.28. The van der Waals surface area contributed by atoms with E-state index in [1.165, 1.54) is 31.1 Å². The van der Waals surface area contributed by atoms with Gasteiger partial charge in [0.05, 0.1) is 0 Å². The third-order valence-corrected chi connectivity index (χ3v) is 11.8. The first kappa shape index (κ1) is 28.8. The summed E-state index contributed by atoms with van der Waals surface area (Å²) >= 11 is 1.84. The van der Waals surface area contributed by atoms with E-state index in [4.69, 9.17) is 13.3 Å². The van der Waals surface area contributed by atoms with E-state index in [-0.39, 0.29) is 0 Å². The Hall–Kier alpha value is -6.82. The van der Waals surface area contributed by atoms with Crippen LogP contribution in [0.4, 0.5) is 17.1 Å². The maximum Gasteiger partial charge on any atom is 0.137 e. The molecule has 0 unspecified atom stereocenters. The number of furan rings is 3. The first-order valence-corrected chi connectivity index (χ1v) is 18.6. The highest BCUT2D eigenvalue weighted by atomic mass is 32.1. The van der Waals surface area contributed by atoms with Gasteiger partial charge >= 0.3 is 0 Å². The molecule has 53 heavy (non-hydrogen) atoms. The van der Waals surface area contributed by atoms with Crippen LogP contribution in [0.1, 0.15) is 0 Å². The molecule has 0 amide bonds. The minimum Gasteiger partial charge on any atom is -0.456 e. The summed E-state index contributed by atoms with van der Waals surface area (Å²) in [4.78, 5) is 2.28. The summed E-state index contributed by atoms with van der Waals surface area (Å²) in [5.41, 5.74) is 10.7. The average Bonchev–Trinajstić information content (AvgIpc) is 3.97. The van der Waals surface area contributed by atoms with Crippen molar-refractivity contribution in [1.29, 1.82) is 0 Å². The van der Waals surface area contributed by atoms with E-state index < -0.39 is 0 Å². The van der Waals surface area contributed by atoms with E-state index in [2.05, 4.69) is 138 Å². The van der Waals surface area contributed by atoms with Gasteiger partial charge in [-0.15, -0.1) is 11.3 Å². The summed E-state index contributed by atoms with van der Waals surface area (Å²) in [6, 6.07) is 57.6. The Morgan fingerprint density at radius 1 is 0.340 bits per heavy atom. The van der Waals surface area contributed by atoms with Gasteiger partial charge in [-0.1, -0.05) is 78.9 Å². The van der Waals surface area contributed by atoms with Crippen LogP contribution in [0.5, 0.6) is 0 Å². The second-order valence-corrected chi connectivity index (χ2v) is 14.7.